The zero-order chi connectivity index (χ0) is 17.9. The highest BCUT2D eigenvalue weighted by Gasteiger charge is 2.28. The quantitative estimate of drug-likeness (QED) is 0.156. The minimum Gasteiger partial charge on any atom is -0.465 e. The van der Waals surface area contributed by atoms with Crippen LogP contribution in [0.4, 0.5) is 0 Å². The van der Waals surface area contributed by atoms with Gasteiger partial charge in [0.05, 0.1) is 24.0 Å². The van der Waals surface area contributed by atoms with Gasteiger partial charge >= 0.3 is 5.97 Å². The lowest BCUT2D eigenvalue weighted by Crippen LogP contribution is -2.32. The largest absolute Gasteiger partial charge is 0.465 e. The van der Waals surface area contributed by atoms with Gasteiger partial charge in [0.25, 0.3) is 16.0 Å². The minimum atomic E-state index is -4.18. The van der Waals surface area contributed by atoms with Crippen molar-refractivity contribution in [2.75, 3.05) is 19.4 Å². The van der Waals surface area contributed by atoms with Crippen LogP contribution in [0.25, 0.3) is 0 Å². The molecule has 0 bridgehead atoms. The van der Waals surface area contributed by atoms with Crippen molar-refractivity contribution in [2.24, 2.45) is 0 Å². The van der Waals surface area contributed by atoms with Crippen LogP contribution in [0.15, 0.2) is 0 Å². The number of ether oxygens (including phenoxy) is 1. The molecule has 2 N–H and O–H groups in total. The third-order valence-corrected chi connectivity index (χ3v) is 10.7. The molecule has 1 aromatic rings. The first-order valence-corrected chi connectivity index (χ1v) is 11.6. The van der Waals surface area contributed by atoms with Gasteiger partial charge in [-0.1, -0.05) is 0 Å². The lowest BCUT2D eigenvalue weighted by molar-refractivity contribution is 0.0594. The number of hydrogen-bond acceptors (Lipinski definition) is 5. The van der Waals surface area contributed by atoms with Crippen LogP contribution in [0.3, 0.4) is 0 Å². The SMILES string of the molecule is COC(=O)c1c(I)c(I)c(I)c(I)c1C(=O)NCCS(=O)(=O)O. The molecule has 0 atom stereocenters. The molecule has 23 heavy (non-hydrogen) atoms. The highest BCUT2D eigenvalue weighted by molar-refractivity contribution is 14.1. The second kappa shape index (κ2) is 9.08. The summed E-state index contributed by atoms with van der Waals surface area (Å²) in [5.74, 6) is -1.87. The number of nitrogens with one attached hydrogen (secondary N) is 1. The van der Waals surface area contributed by atoms with Crippen LogP contribution in [-0.2, 0) is 14.9 Å². The Balaban J connectivity index is 3.33. The molecule has 0 aliphatic rings. The maximum absolute atomic E-state index is 12.4. The summed E-state index contributed by atoms with van der Waals surface area (Å²) in [7, 11) is -2.96. The molecule has 0 saturated carbocycles. The van der Waals surface area contributed by atoms with Gasteiger partial charge in [0, 0.05) is 20.8 Å². The summed E-state index contributed by atoms with van der Waals surface area (Å²) >= 11 is 8.06. The smallest absolute Gasteiger partial charge is 0.339 e. The van der Waals surface area contributed by atoms with Crippen molar-refractivity contribution >= 4 is 112 Å². The highest BCUT2D eigenvalue weighted by atomic mass is 127. The Morgan fingerprint density at radius 2 is 1.52 bits per heavy atom. The first-order chi connectivity index (χ1) is 10.5. The number of carbonyl (C=O) groups is 2. The number of halogens is 4. The topological polar surface area (TPSA) is 110 Å². The van der Waals surface area contributed by atoms with Crippen LogP contribution in [0.2, 0.25) is 0 Å². The van der Waals surface area contributed by atoms with Gasteiger partial charge in [0.2, 0.25) is 0 Å². The first-order valence-electron chi connectivity index (χ1n) is 5.68. The van der Waals surface area contributed by atoms with E-state index >= 15 is 0 Å². The fourth-order valence-electron chi connectivity index (χ4n) is 1.52. The van der Waals surface area contributed by atoms with Gasteiger partial charge < -0.3 is 10.1 Å². The molecule has 128 valence electrons. The Hall–Kier alpha value is 0.990. The number of rotatable bonds is 5. The van der Waals surface area contributed by atoms with Crippen molar-refractivity contribution in [3.8, 4) is 0 Å². The molecule has 0 saturated heterocycles. The van der Waals surface area contributed by atoms with Gasteiger partial charge in [0.1, 0.15) is 0 Å². The maximum atomic E-state index is 12.4. The summed E-state index contributed by atoms with van der Waals surface area (Å²) in [6.45, 7) is -0.270. The Morgan fingerprint density at radius 3 is 1.96 bits per heavy atom. The van der Waals surface area contributed by atoms with Gasteiger partial charge in [-0.05, 0) is 90.4 Å². The van der Waals surface area contributed by atoms with E-state index in [4.69, 9.17) is 9.29 Å². The molecular formula is C11H9I4NO6S. The molecule has 0 heterocycles. The average molecular weight is 791 g/mol. The van der Waals surface area contributed by atoms with Crippen LogP contribution >= 0.6 is 90.4 Å². The van der Waals surface area contributed by atoms with E-state index in [-0.39, 0.29) is 17.7 Å². The Morgan fingerprint density at radius 1 is 1.04 bits per heavy atom. The number of hydrogen-bond donors (Lipinski definition) is 2. The zero-order valence-corrected chi connectivity index (χ0v) is 20.8. The summed E-state index contributed by atoms with van der Waals surface area (Å²) in [5, 5.41) is 2.39. The standard InChI is InChI=1S/C11H9I4NO6S/c1-22-11(18)5-4(6(12)8(14)9(15)7(5)13)10(17)16-2-3-23(19,20)21/h2-3H2,1H3,(H,16,17)(H,19,20,21). The number of esters is 1. The number of benzene rings is 1. The predicted molar refractivity (Wildman–Crippen MR) is 117 cm³/mol. The van der Waals surface area contributed by atoms with Gasteiger partial charge in [-0.25, -0.2) is 4.79 Å². The summed E-state index contributed by atoms with van der Waals surface area (Å²) in [6.07, 6.45) is 0. The van der Waals surface area contributed by atoms with E-state index in [1.165, 1.54) is 7.11 Å². The molecule has 0 aliphatic heterocycles. The molecule has 1 amide bonds. The van der Waals surface area contributed by atoms with Gasteiger partial charge in [-0.3, -0.25) is 9.35 Å². The molecule has 7 nitrogen and oxygen atoms in total. The summed E-state index contributed by atoms with van der Waals surface area (Å²) in [4.78, 5) is 24.5. The van der Waals surface area contributed by atoms with Crippen molar-refractivity contribution in [3.05, 3.63) is 25.4 Å². The van der Waals surface area contributed by atoms with Crippen molar-refractivity contribution in [1.29, 1.82) is 0 Å². The highest BCUT2D eigenvalue weighted by Crippen LogP contribution is 2.33. The molecule has 1 rings (SSSR count). The lowest BCUT2D eigenvalue weighted by atomic mass is 10.1. The van der Waals surface area contributed by atoms with E-state index in [9.17, 15) is 18.0 Å². The molecular weight excluding hydrogens is 782 g/mol. The Bertz CT molecular complexity index is 765. The molecule has 0 fully saturated rings. The minimum absolute atomic E-state index is 0.127. The number of amides is 1. The first kappa shape index (κ1) is 22.0. The molecule has 0 spiro atoms. The molecule has 1 aromatic carbocycles. The molecule has 0 unspecified atom stereocenters. The van der Waals surface area contributed by atoms with Crippen molar-refractivity contribution in [1.82, 2.24) is 5.32 Å². The molecule has 0 radical (unpaired) electrons. The number of carbonyl (C=O) groups excluding carboxylic acids is 2. The maximum Gasteiger partial charge on any atom is 0.339 e. The summed E-state index contributed by atoms with van der Waals surface area (Å²) in [5.41, 5.74) is 0.258. The van der Waals surface area contributed by atoms with Gasteiger partial charge in [-0.2, -0.15) is 8.42 Å². The monoisotopic (exact) mass is 791 g/mol. The second-order valence-corrected chi connectivity index (χ2v) is 9.93. The van der Waals surface area contributed by atoms with Crippen molar-refractivity contribution in [3.63, 3.8) is 0 Å². The van der Waals surface area contributed by atoms with Crippen LogP contribution in [-0.4, -0.2) is 44.3 Å². The van der Waals surface area contributed by atoms with E-state index in [0.29, 0.717) is 7.14 Å². The van der Waals surface area contributed by atoms with Gasteiger partial charge in [-0.15, -0.1) is 0 Å². The van der Waals surface area contributed by atoms with Crippen molar-refractivity contribution in [2.45, 2.75) is 0 Å². The molecule has 12 heteroatoms. The zero-order valence-electron chi connectivity index (χ0n) is 11.3. The normalized spacial score (nSPS) is 11.2. The third-order valence-electron chi connectivity index (χ3n) is 2.53. The third kappa shape index (κ3) is 5.74. The summed E-state index contributed by atoms with van der Waals surface area (Å²) < 4.78 is 37.7. The van der Waals surface area contributed by atoms with Crippen LogP contribution in [0.1, 0.15) is 20.7 Å². The van der Waals surface area contributed by atoms with E-state index in [1.54, 1.807) is 0 Å². The van der Waals surface area contributed by atoms with Crippen LogP contribution < -0.4 is 5.32 Å². The summed E-state index contributed by atoms with van der Waals surface area (Å²) in [6, 6.07) is 0. The van der Waals surface area contributed by atoms with Gasteiger partial charge in [0.15, 0.2) is 0 Å². The van der Waals surface area contributed by atoms with Crippen LogP contribution in [0.5, 0.6) is 0 Å². The predicted octanol–water partition coefficient (Wildman–Crippen LogP) is 2.51. The van der Waals surface area contributed by atoms with E-state index < -0.39 is 27.7 Å². The number of methoxy groups -OCH3 is 1. The van der Waals surface area contributed by atoms with E-state index in [2.05, 4.69) is 50.5 Å². The lowest BCUT2D eigenvalue weighted by Gasteiger charge is -2.15. The van der Waals surface area contributed by atoms with Crippen LogP contribution in [0, 0.1) is 14.3 Å². The van der Waals surface area contributed by atoms with E-state index in [1.807, 2.05) is 45.2 Å². The fourth-order valence-corrected chi connectivity index (χ4v) is 5.54. The van der Waals surface area contributed by atoms with Crippen molar-refractivity contribution < 1.29 is 27.3 Å². The average Bonchev–Trinajstić information content (AvgIpc) is 2.46. The molecule has 0 aromatic heterocycles. The fraction of sp³-hybridized carbons (Fsp3) is 0.273. The molecule has 0 aliphatic carbocycles. The Kier molecular flexibility index (Phi) is 8.70. The second-order valence-electron chi connectivity index (χ2n) is 4.04. The van der Waals surface area contributed by atoms with E-state index in [0.717, 1.165) is 7.14 Å². The Labute approximate surface area is 187 Å².